The zero-order chi connectivity index (χ0) is 16.4. The first-order valence-electron chi connectivity index (χ1n) is 7.96. The maximum Gasteiger partial charge on any atom is 0.0650 e. The van der Waals surface area contributed by atoms with E-state index in [9.17, 15) is 0 Å². The molecule has 0 bridgehead atoms. The minimum absolute atomic E-state index is 0.204. The summed E-state index contributed by atoms with van der Waals surface area (Å²) in [6.45, 7) is 9.63. The number of fused-ring (bicyclic) bond motifs is 2. The summed E-state index contributed by atoms with van der Waals surface area (Å²) >= 11 is 0. The highest BCUT2D eigenvalue weighted by atomic mass is 15.1. The van der Waals surface area contributed by atoms with Gasteiger partial charge in [-0.25, -0.2) is 0 Å². The summed E-state index contributed by atoms with van der Waals surface area (Å²) in [4.78, 5) is 4.38. The molecule has 118 valence electrons. The lowest BCUT2D eigenvalue weighted by molar-refractivity contribution is 0.534. The Hall–Kier alpha value is -2.42. The Morgan fingerprint density at radius 2 is 1.74 bits per heavy atom. The molecule has 0 saturated heterocycles. The van der Waals surface area contributed by atoms with Gasteiger partial charge >= 0.3 is 0 Å². The van der Waals surface area contributed by atoms with E-state index >= 15 is 0 Å². The van der Waals surface area contributed by atoms with E-state index < -0.39 is 0 Å². The summed E-state index contributed by atoms with van der Waals surface area (Å²) in [5.74, 6) is 0. The molecule has 3 nitrogen and oxygen atoms in total. The topological polar surface area (TPSA) is 41.0 Å². The van der Waals surface area contributed by atoms with Gasteiger partial charge in [0.1, 0.15) is 0 Å². The van der Waals surface area contributed by atoms with Crippen LogP contribution in [0.5, 0.6) is 0 Å². The molecule has 0 fully saturated rings. The van der Waals surface area contributed by atoms with Crippen LogP contribution < -0.4 is 0 Å². The largest absolute Gasteiger partial charge is 0.292 e. The number of aromatic nitrogens is 2. The lowest BCUT2D eigenvalue weighted by atomic mass is 9.80. The second-order valence-electron chi connectivity index (χ2n) is 6.91. The molecule has 0 saturated carbocycles. The van der Waals surface area contributed by atoms with Gasteiger partial charge in [0.25, 0.3) is 0 Å². The van der Waals surface area contributed by atoms with E-state index in [4.69, 9.17) is 0 Å². The van der Waals surface area contributed by atoms with Gasteiger partial charge in [0.15, 0.2) is 0 Å². The summed E-state index contributed by atoms with van der Waals surface area (Å²) in [5, 5.41) is 7.99. The van der Waals surface area contributed by atoms with Crippen molar-refractivity contribution in [3.8, 4) is 0 Å². The first-order valence-corrected chi connectivity index (χ1v) is 7.96. The van der Waals surface area contributed by atoms with Gasteiger partial charge in [0, 0.05) is 23.6 Å². The molecule has 2 aromatic carbocycles. The Morgan fingerprint density at radius 3 is 2.57 bits per heavy atom. The molecule has 0 radical (unpaired) electrons. The van der Waals surface area contributed by atoms with Gasteiger partial charge in [-0.1, -0.05) is 49.2 Å². The number of rotatable bonds is 0. The van der Waals surface area contributed by atoms with Crippen LogP contribution in [0.4, 0.5) is 0 Å². The van der Waals surface area contributed by atoms with E-state index in [1.165, 1.54) is 27.6 Å². The van der Waals surface area contributed by atoms with Crippen molar-refractivity contribution in [1.82, 2.24) is 10.2 Å². The Kier molecular flexibility index (Phi) is 4.03. The van der Waals surface area contributed by atoms with Gasteiger partial charge in [-0.05, 0) is 37.1 Å². The van der Waals surface area contributed by atoms with Crippen LogP contribution in [0.3, 0.4) is 0 Å². The normalized spacial score (nSPS) is 15.0. The minimum atomic E-state index is 0.204. The second-order valence-corrected chi connectivity index (χ2v) is 6.91. The van der Waals surface area contributed by atoms with E-state index in [2.05, 4.69) is 73.2 Å². The number of aromatic amines is 1. The molecule has 0 unspecified atom stereocenters. The molecule has 2 heterocycles. The van der Waals surface area contributed by atoms with Crippen LogP contribution in [-0.2, 0) is 5.41 Å². The number of nitrogens with zero attached hydrogens (tertiary/aromatic N) is 2. The van der Waals surface area contributed by atoms with E-state index in [-0.39, 0.29) is 5.41 Å². The minimum Gasteiger partial charge on any atom is -0.292 e. The lowest BCUT2D eigenvalue weighted by Crippen LogP contribution is -2.26. The third-order valence-corrected chi connectivity index (χ3v) is 4.25. The van der Waals surface area contributed by atoms with Crippen molar-refractivity contribution in [2.75, 3.05) is 6.54 Å². The van der Waals surface area contributed by atoms with Crippen LogP contribution in [0.15, 0.2) is 47.6 Å². The van der Waals surface area contributed by atoms with Crippen molar-refractivity contribution in [2.45, 2.75) is 33.1 Å². The van der Waals surface area contributed by atoms with E-state index in [1.807, 2.05) is 18.5 Å². The fourth-order valence-electron chi connectivity index (χ4n) is 2.89. The Labute approximate surface area is 137 Å². The van der Waals surface area contributed by atoms with Crippen molar-refractivity contribution in [3.05, 3.63) is 64.8 Å². The zero-order valence-corrected chi connectivity index (χ0v) is 14.2. The molecular formula is C20H23N3. The van der Waals surface area contributed by atoms with E-state index in [0.29, 0.717) is 0 Å². The van der Waals surface area contributed by atoms with E-state index in [0.717, 1.165) is 12.1 Å². The van der Waals surface area contributed by atoms with Gasteiger partial charge in [0.2, 0.25) is 0 Å². The van der Waals surface area contributed by atoms with Crippen LogP contribution in [-0.4, -0.2) is 23.0 Å². The maximum absolute atomic E-state index is 4.38. The number of benzene rings is 2. The summed E-state index contributed by atoms with van der Waals surface area (Å²) in [7, 11) is 0. The second kappa shape index (κ2) is 5.99. The third kappa shape index (κ3) is 3.34. The fraction of sp³-hybridized carbons (Fsp3) is 0.300. The molecule has 23 heavy (non-hydrogen) atoms. The number of hydrogen-bond acceptors (Lipinski definition) is 2. The van der Waals surface area contributed by atoms with Crippen molar-refractivity contribution in [1.29, 1.82) is 0 Å². The average molecular weight is 305 g/mol. The van der Waals surface area contributed by atoms with Crippen LogP contribution in [0.1, 0.15) is 36.1 Å². The molecular weight excluding hydrogens is 282 g/mol. The number of aryl methyl sites for hydroxylation is 2. The van der Waals surface area contributed by atoms with E-state index in [1.54, 1.807) is 0 Å². The lowest BCUT2D eigenvalue weighted by Gasteiger charge is -2.28. The highest BCUT2D eigenvalue weighted by Crippen LogP contribution is 2.29. The number of aliphatic imine (C=N–C) groups is 1. The fourth-order valence-corrected chi connectivity index (χ4v) is 2.89. The highest BCUT2D eigenvalue weighted by molar-refractivity contribution is 5.84. The SMILES string of the molecule is Cc1ccc2[nH]ncc2c1.Cc1ccc2c(c1)C(C)(C)CN=C2. The number of H-pyrrole nitrogens is 1. The predicted octanol–water partition coefficient (Wildman–Crippen LogP) is 4.58. The number of hydrogen-bond donors (Lipinski definition) is 1. The predicted molar refractivity (Wildman–Crippen MR) is 97.5 cm³/mol. The summed E-state index contributed by atoms with van der Waals surface area (Å²) < 4.78 is 0. The maximum atomic E-state index is 4.38. The summed E-state index contributed by atoms with van der Waals surface area (Å²) in [6, 6.07) is 12.8. The number of nitrogens with one attached hydrogen (secondary N) is 1. The van der Waals surface area contributed by atoms with Crippen molar-refractivity contribution >= 4 is 17.1 Å². The molecule has 3 heteroatoms. The zero-order valence-electron chi connectivity index (χ0n) is 14.2. The molecule has 0 amide bonds. The first kappa shape index (κ1) is 15.5. The molecule has 1 aliphatic rings. The van der Waals surface area contributed by atoms with Gasteiger partial charge in [-0.15, -0.1) is 0 Å². The molecule has 0 atom stereocenters. The van der Waals surface area contributed by atoms with Crippen LogP contribution in [0.25, 0.3) is 10.9 Å². The van der Waals surface area contributed by atoms with Gasteiger partial charge < -0.3 is 0 Å². The standard InChI is InChI=1S/C12H15N.C8H8N2/c1-9-4-5-10-7-13-8-12(2,3)11(10)6-9;1-6-2-3-8-7(4-6)5-9-10-8/h4-7H,8H2,1-3H3;2-5H,1H3,(H,9,10). The molecule has 0 aliphatic carbocycles. The van der Waals surface area contributed by atoms with Gasteiger partial charge in [0.05, 0.1) is 11.7 Å². The highest BCUT2D eigenvalue weighted by Gasteiger charge is 2.25. The van der Waals surface area contributed by atoms with Crippen molar-refractivity contribution in [3.63, 3.8) is 0 Å². The molecule has 0 spiro atoms. The molecule has 3 aromatic rings. The third-order valence-electron chi connectivity index (χ3n) is 4.25. The van der Waals surface area contributed by atoms with Crippen LogP contribution >= 0.6 is 0 Å². The van der Waals surface area contributed by atoms with Crippen LogP contribution in [0, 0.1) is 13.8 Å². The van der Waals surface area contributed by atoms with Crippen molar-refractivity contribution in [2.24, 2.45) is 4.99 Å². The molecule has 1 aromatic heterocycles. The summed E-state index contributed by atoms with van der Waals surface area (Å²) in [6.07, 6.45) is 3.82. The smallest absolute Gasteiger partial charge is 0.0650 e. The molecule has 1 aliphatic heterocycles. The Bertz CT molecular complexity index is 856. The monoisotopic (exact) mass is 305 g/mol. The van der Waals surface area contributed by atoms with Crippen molar-refractivity contribution < 1.29 is 0 Å². The van der Waals surface area contributed by atoms with Gasteiger partial charge in [-0.2, -0.15) is 5.10 Å². The van der Waals surface area contributed by atoms with Crippen LogP contribution in [0.2, 0.25) is 0 Å². The van der Waals surface area contributed by atoms with Gasteiger partial charge in [-0.3, -0.25) is 10.1 Å². The first-order chi connectivity index (χ1) is 11.0. The molecule has 1 N–H and O–H groups in total. The summed E-state index contributed by atoms with van der Waals surface area (Å²) in [5.41, 5.74) is 6.63. The average Bonchev–Trinajstić information content (AvgIpc) is 2.96. The quantitative estimate of drug-likeness (QED) is 0.649. The Morgan fingerprint density at radius 1 is 1.00 bits per heavy atom. The Balaban J connectivity index is 0.000000140. The molecule has 4 rings (SSSR count).